The first-order valence-electron chi connectivity index (χ1n) is 10.6. The minimum Gasteiger partial charge on any atom is -0.435 e. The molecule has 0 spiro atoms. The molecule has 3 aromatic heterocycles. The van der Waals surface area contributed by atoms with Crippen LogP contribution in [0.4, 0.5) is 20.3 Å². The average Bonchev–Trinajstić information content (AvgIpc) is 3.13. The zero-order chi connectivity index (χ0) is 25.5. The molecule has 184 valence electrons. The van der Waals surface area contributed by atoms with E-state index >= 15 is 0 Å². The van der Waals surface area contributed by atoms with Crippen molar-refractivity contribution in [2.45, 2.75) is 34.3 Å². The molecule has 1 aromatic carbocycles. The summed E-state index contributed by atoms with van der Waals surface area (Å²) in [6.45, 7) is 4.25. The molecule has 35 heavy (non-hydrogen) atoms. The number of hydrogen-bond donors (Lipinski definition) is 2. The Labute approximate surface area is 205 Å². The molecule has 0 bridgehead atoms. The number of carbonyl (C=O) groups is 1. The number of alkyl halides is 2. The van der Waals surface area contributed by atoms with Crippen LogP contribution in [0, 0.1) is 6.92 Å². The van der Waals surface area contributed by atoms with Crippen LogP contribution in [-0.4, -0.2) is 32.1 Å². The first-order chi connectivity index (χ1) is 16.8. The third-order valence-electron chi connectivity index (χ3n) is 4.44. The maximum atomic E-state index is 12.4. The molecule has 0 aliphatic heterocycles. The van der Waals surface area contributed by atoms with Gasteiger partial charge in [0.15, 0.2) is 22.4 Å². The smallest absolute Gasteiger partial charge is 0.387 e. The molecule has 4 rings (SSSR count). The highest BCUT2D eigenvalue weighted by Crippen LogP contribution is 2.28. The van der Waals surface area contributed by atoms with Gasteiger partial charge in [-0.3, -0.25) is 4.79 Å². The Kier molecular flexibility index (Phi) is 8.37. The molecule has 4 aromatic rings. The Hall–Kier alpha value is -3.99. The first kappa shape index (κ1) is 25.6. The summed E-state index contributed by atoms with van der Waals surface area (Å²) in [6, 6.07) is 10.9. The summed E-state index contributed by atoms with van der Waals surface area (Å²) in [6.07, 6.45) is 1.54. The number of rotatable bonds is 7. The van der Waals surface area contributed by atoms with Gasteiger partial charge in [-0.25, -0.2) is 20.0 Å². The number of ether oxygens (including phenoxy) is 1. The third-order valence-corrected chi connectivity index (χ3v) is 4.74. The van der Waals surface area contributed by atoms with Gasteiger partial charge in [0, 0.05) is 24.8 Å². The molecule has 0 saturated carbocycles. The number of pyridine rings is 1. The number of halogens is 3. The number of benzene rings is 1. The number of imidazole rings is 1. The van der Waals surface area contributed by atoms with Crippen LogP contribution in [0.25, 0.3) is 16.9 Å². The fourth-order valence-electron chi connectivity index (χ4n) is 2.97. The quantitative estimate of drug-likeness (QED) is 0.244. The maximum absolute atomic E-state index is 12.4. The van der Waals surface area contributed by atoms with Gasteiger partial charge >= 0.3 is 6.61 Å². The molecule has 2 N–H and O–H groups in total. The Balaban J connectivity index is 0.00000167. The van der Waals surface area contributed by atoms with Crippen LogP contribution in [0.1, 0.15) is 26.5 Å². The molecule has 0 unspecified atom stereocenters. The molecular weight excluding hydrogens is 482 g/mol. The zero-order valence-corrected chi connectivity index (χ0v) is 20.1. The number of fused-ring (bicyclic) bond motifs is 1. The third kappa shape index (κ3) is 6.33. The van der Waals surface area contributed by atoms with Crippen molar-refractivity contribution < 1.29 is 23.1 Å². The highest BCUT2D eigenvalue weighted by molar-refractivity contribution is 6.32. The van der Waals surface area contributed by atoms with E-state index in [2.05, 4.69) is 30.6 Å². The summed E-state index contributed by atoms with van der Waals surface area (Å²) in [5.74, 6) is 0.378. The number of amides is 1. The van der Waals surface area contributed by atoms with Crippen LogP contribution in [0.2, 0.25) is 5.15 Å². The first-order valence-corrected chi connectivity index (χ1v) is 11.0. The van der Waals surface area contributed by atoms with Gasteiger partial charge in [0.1, 0.15) is 11.4 Å². The van der Waals surface area contributed by atoms with Gasteiger partial charge < -0.3 is 14.9 Å². The Morgan fingerprint density at radius 3 is 2.60 bits per heavy atom. The van der Waals surface area contributed by atoms with Gasteiger partial charge in [-0.2, -0.15) is 13.9 Å². The molecule has 9 nitrogen and oxygen atoms in total. The number of anilines is 2. The predicted molar refractivity (Wildman–Crippen MR) is 129 cm³/mol. The van der Waals surface area contributed by atoms with E-state index in [4.69, 9.17) is 16.4 Å². The largest absolute Gasteiger partial charge is 0.435 e. The normalized spacial score (nSPS) is 10.5. The second kappa shape index (κ2) is 11.4. The van der Waals surface area contributed by atoms with Crippen molar-refractivity contribution >= 4 is 34.7 Å². The lowest BCUT2D eigenvalue weighted by molar-refractivity contribution is -0.114. The van der Waals surface area contributed by atoms with Gasteiger partial charge in [0.2, 0.25) is 5.91 Å². The van der Waals surface area contributed by atoms with Crippen molar-refractivity contribution in [2.24, 2.45) is 0 Å². The van der Waals surface area contributed by atoms with Crippen molar-refractivity contribution in [1.82, 2.24) is 19.6 Å². The number of nitrogens with zero attached hydrogens (tertiary/aromatic N) is 4. The van der Waals surface area contributed by atoms with Crippen LogP contribution in [0.3, 0.4) is 0 Å². The average molecular weight is 505 g/mol. The van der Waals surface area contributed by atoms with E-state index in [1.54, 1.807) is 41.9 Å². The highest BCUT2D eigenvalue weighted by atomic mass is 35.5. The van der Waals surface area contributed by atoms with Crippen LogP contribution < -0.4 is 20.4 Å². The molecule has 0 radical (unpaired) electrons. The van der Waals surface area contributed by atoms with Gasteiger partial charge in [-0.1, -0.05) is 31.5 Å². The second-order valence-corrected chi connectivity index (χ2v) is 7.19. The van der Waals surface area contributed by atoms with E-state index in [1.165, 1.54) is 25.1 Å². The van der Waals surface area contributed by atoms with E-state index < -0.39 is 6.61 Å². The minimum absolute atomic E-state index is 0.0471. The van der Waals surface area contributed by atoms with Crippen LogP contribution in [0.15, 0.2) is 48.7 Å². The van der Waals surface area contributed by atoms with E-state index in [9.17, 15) is 13.6 Å². The Bertz CT molecular complexity index is 1330. The van der Waals surface area contributed by atoms with Crippen molar-refractivity contribution in [3.8, 4) is 22.8 Å². The van der Waals surface area contributed by atoms with Gasteiger partial charge in [0.25, 0.3) is 0 Å². The fraction of sp³-hybridized carbons (Fsp3) is 0.217. The Morgan fingerprint density at radius 1 is 1.14 bits per heavy atom. The summed E-state index contributed by atoms with van der Waals surface area (Å²) < 4.78 is 30.8. The lowest BCUT2D eigenvalue weighted by Crippen LogP contribution is -2.07. The lowest BCUT2D eigenvalue weighted by Gasteiger charge is -2.12. The number of nitrogens with one attached hydrogen (secondary N) is 2. The molecule has 12 heteroatoms. The van der Waals surface area contributed by atoms with Crippen LogP contribution in [0.5, 0.6) is 11.5 Å². The molecule has 0 aliphatic rings. The van der Waals surface area contributed by atoms with Gasteiger partial charge in [-0.05, 0) is 37.3 Å². The van der Waals surface area contributed by atoms with Crippen molar-refractivity contribution in [2.75, 3.05) is 10.8 Å². The standard InChI is InChI=1S/C21H17ClF2N6O3.C2H6/c1-11-20(26-12(2)31)27-18-7-6-16(28-30(11)18)13-8-17(19(22)25-10-13)29-33-15-5-3-4-14(9-15)32-21(23)24;1-2/h3-10,21,29H,1-2H3,(H,26,31);1-2H3. The van der Waals surface area contributed by atoms with Crippen molar-refractivity contribution in [3.63, 3.8) is 0 Å². The van der Waals surface area contributed by atoms with E-state index in [0.29, 0.717) is 34.1 Å². The summed E-state index contributed by atoms with van der Waals surface area (Å²) >= 11 is 6.17. The number of aryl methyl sites for hydroxylation is 1. The molecule has 0 saturated heterocycles. The molecule has 0 fully saturated rings. The fourth-order valence-corrected chi connectivity index (χ4v) is 3.11. The minimum atomic E-state index is -2.94. The summed E-state index contributed by atoms with van der Waals surface area (Å²) in [7, 11) is 0. The molecule has 1 amide bonds. The SMILES string of the molecule is CC.CC(=O)Nc1nc2ccc(-c3cnc(Cl)c(NOc4cccc(OC(F)F)c4)c3)nn2c1C. The zero-order valence-electron chi connectivity index (χ0n) is 19.3. The lowest BCUT2D eigenvalue weighted by atomic mass is 10.2. The van der Waals surface area contributed by atoms with Crippen molar-refractivity contribution in [1.29, 1.82) is 0 Å². The summed E-state index contributed by atoms with van der Waals surface area (Å²) in [4.78, 5) is 25.3. The summed E-state index contributed by atoms with van der Waals surface area (Å²) in [5, 5.41) is 7.36. The van der Waals surface area contributed by atoms with Gasteiger partial charge in [-0.15, -0.1) is 0 Å². The highest BCUT2D eigenvalue weighted by Gasteiger charge is 2.13. The molecular formula is C23H23ClF2N6O3. The van der Waals surface area contributed by atoms with Crippen LogP contribution >= 0.6 is 11.6 Å². The predicted octanol–water partition coefficient (Wildman–Crippen LogP) is 5.75. The van der Waals surface area contributed by atoms with Gasteiger partial charge in [0.05, 0.1) is 11.4 Å². The second-order valence-electron chi connectivity index (χ2n) is 6.84. The maximum Gasteiger partial charge on any atom is 0.387 e. The number of aromatic nitrogens is 4. The molecule has 3 heterocycles. The van der Waals surface area contributed by atoms with Crippen LogP contribution in [-0.2, 0) is 4.79 Å². The van der Waals surface area contributed by atoms with E-state index in [-0.39, 0.29) is 22.6 Å². The Morgan fingerprint density at radius 2 is 1.89 bits per heavy atom. The molecule has 0 aliphatic carbocycles. The monoisotopic (exact) mass is 504 g/mol. The topological polar surface area (TPSA) is 103 Å². The summed E-state index contributed by atoms with van der Waals surface area (Å²) in [5.41, 5.74) is 5.41. The number of hydrogen-bond acceptors (Lipinski definition) is 7. The van der Waals surface area contributed by atoms with E-state index in [0.717, 1.165) is 0 Å². The molecule has 0 atom stereocenters. The number of carbonyl (C=O) groups excluding carboxylic acids is 1. The van der Waals surface area contributed by atoms with E-state index in [1.807, 2.05) is 13.8 Å². The van der Waals surface area contributed by atoms with Crippen molar-refractivity contribution in [3.05, 3.63) is 59.5 Å².